The van der Waals surface area contributed by atoms with Gasteiger partial charge in [0.1, 0.15) is 5.76 Å². The van der Waals surface area contributed by atoms with Crippen molar-refractivity contribution < 1.29 is 18.8 Å². The van der Waals surface area contributed by atoms with E-state index >= 15 is 0 Å². The van der Waals surface area contributed by atoms with Crippen LogP contribution in [0.25, 0.3) is 11.1 Å². The summed E-state index contributed by atoms with van der Waals surface area (Å²) in [5, 5.41) is 0. The fraction of sp³-hybridized carbons (Fsp3) is 0.348. The summed E-state index contributed by atoms with van der Waals surface area (Å²) in [7, 11) is 0. The first kappa shape index (κ1) is 18.4. The molecule has 0 spiro atoms. The highest BCUT2D eigenvalue weighted by atomic mass is 16.3. The molecule has 0 fully saturated rings. The zero-order valence-corrected chi connectivity index (χ0v) is 16.2. The quantitative estimate of drug-likeness (QED) is 0.599. The number of fused-ring (bicyclic) bond motifs is 3. The third-order valence-corrected chi connectivity index (χ3v) is 5.76. The summed E-state index contributed by atoms with van der Waals surface area (Å²) in [6, 6.07) is 8.96. The molecule has 0 saturated carbocycles. The predicted molar refractivity (Wildman–Crippen MR) is 105 cm³/mol. The van der Waals surface area contributed by atoms with Crippen LogP contribution in [0.15, 0.2) is 53.2 Å². The molecule has 0 N–H and O–H groups in total. The van der Waals surface area contributed by atoms with Crippen molar-refractivity contribution in [2.45, 2.75) is 45.2 Å². The summed E-state index contributed by atoms with van der Waals surface area (Å²) in [6.07, 6.45) is 6.06. The van der Waals surface area contributed by atoms with E-state index < -0.39 is 23.5 Å². The van der Waals surface area contributed by atoms with Crippen LogP contribution in [-0.4, -0.2) is 34.5 Å². The molecule has 144 valence electrons. The van der Waals surface area contributed by atoms with Gasteiger partial charge in [-0.25, -0.2) is 0 Å². The Balaban J connectivity index is 1.82. The molecule has 2 aliphatic rings. The van der Waals surface area contributed by atoms with Gasteiger partial charge >= 0.3 is 0 Å². The third-order valence-electron chi connectivity index (χ3n) is 5.76. The van der Waals surface area contributed by atoms with Crippen LogP contribution < -0.4 is 0 Å². The topological polar surface area (TPSA) is 67.6 Å². The van der Waals surface area contributed by atoms with Gasteiger partial charge in [-0.15, -0.1) is 0 Å². The van der Waals surface area contributed by atoms with E-state index in [0.717, 1.165) is 5.56 Å². The molecule has 0 bridgehead atoms. The molecule has 3 atom stereocenters. The molecule has 2 aromatic rings. The van der Waals surface area contributed by atoms with E-state index in [9.17, 15) is 14.4 Å². The standard InChI is InChI=1S/C23H23NO4/c1-13(2)24(14(3)25)18-11-7-10-16-19(18)21(26)22(27)20-17(12-28-23(16)20)15-8-5-4-6-9-15/h4-9,11-13,16,18-19H,10H2,1-3H3. The number of hydrogen-bond acceptors (Lipinski definition) is 4. The summed E-state index contributed by atoms with van der Waals surface area (Å²) < 4.78 is 5.87. The van der Waals surface area contributed by atoms with Crippen LogP contribution in [0, 0.1) is 5.92 Å². The lowest BCUT2D eigenvalue weighted by Gasteiger charge is -2.42. The fourth-order valence-electron chi connectivity index (χ4n) is 4.65. The molecule has 5 heteroatoms. The predicted octanol–water partition coefficient (Wildman–Crippen LogP) is 4.00. The Morgan fingerprint density at radius 1 is 1.18 bits per heavy atom. The molecule has 28 heavy (non-hydrogen) atoms. The molecule has 1 amide bonds. The summed E-state index contributed by atoms with van der Waals surface area (Å²) in [5.41, 5.74) is 1.89. The van der Waals surface area contributed by atoms with Gasteiger partial charge in [-0.2, -0.15) is 0 Å². The monoisotopic (exact) mass is 377 g/mol. The molecule has 0 radical (unpaired) electrons. The molecule has 5 nitrogen and oxygen atoms in total. The van der Waals surface area contributed by atoms with Crippen LogP contribution >= 0.6 is 0 Å². The Bertz CT molecular complexity index is 970. The third kappa shape index (κ3) is 2.73. The maximum absolute atomic E-state index is 13.2. The zero-order chi connectivity index (χ0) is 20.0. The molecule has 1 aromatic heterocycles. The number of carbonyl (C=O) groups is 3. The van der Waals surface area contributed by atoms with Gasteiger partial charge < -0.3 is 9.32 Å². The molecular formula is C23H23NO4. The van der Waals surface area contributed by atoms with Gasteiger partial charge in [0.25, 0.3) is 0 Å². The van der Waals surface area contributed by atoms with E-state index in [4.69, 9.17) is 4.42 Å². The van der Waals surface area contributed by atoms with Gasteiger partial charge in [0.05, 0.1) is 23.8 Å². The van der Waals surface area contributed by atoms with E-state index in [1.807, 2.05) is 56.3 Å². The number of ketones is 2. The van der Waals surface area contributed by atoms with Gasteiger partial charge in [0, 0.05) is 24.4 Å². The number of carbonyl (C=O) groups excluding carboxylic acids is 3. The normalized spacial score (nSPS) is 23.5. The van der Waals surface area contributed by atoms with Crippen LogP contribution in [0.5, 0.6) is 0 Å². The lowest BCUT2D eigenvalue weighted by molar-refractivity contribution is -0.135. The minimum Gasteiger partial charge on any atom is -0.468 e. The highest BCUT2D eigenvalue weighted by Gasteiger charge is 2.50. The number of hydrogen-bond donors (Lipinski definition) is 0. The molecule has 0 saturated heterocycles. The lowest BCUT2D eigenvalue weighted by atomic mass is 9.68. The molecular weight excluding hydrogens is 354 g/mol. The number of nitrogens with zero attached hydrogens (tertiary/aromatic N) is 1. The van der Waals surface area contributed by atoms with Gasteiger partial charge in [0.15, 0.2) is 0 Å². The van der Waals surface area contributed by atoms with E-state index in [1.165, 1.54) is 6.92 Å². The number of Topliss-reactive ketones (excluding diaryl/α,β-unsaturated/α-hetero) is 2. The van der Waals surface area contributed by atoms with Crippen molar-refractivity contribution in [1.29, 1.82) is 0 Å². The Kier molecular flexibility index (Phi) is 4.53. The lowest BCUT2D eigenvalue weighted by Crippen LogP contribution is -2.53. The molecule has 1 heterocycles. The average molecular weight is 377 g/mol. The minimum absolute atomic E-state index is 0.0771. The SMILES string of the molecule is CC(=O)N(C(C)C)C1C=CCC2c3occ(-c4ccccc4)c3C(=O)C(=O)C21. The van der Waals surface area contributed by atoms with Gasteiger partial charge in [-0.1, -0.05) is 42.5 Å². The van der Waals surface area contributed by atoms with Crippen LogP contribution in [0.4, 0.5) is 0 Å². The molecule has 0 aliphatic heterocycles. The maximum atomic E-state index is 13.2. The van der Waals surface area contributed by atoms with E-state index in [2.05, 4.69) is 0 Å². The van der Waals surface area contributed by atoms with E-state index in [0.29, 0.717) is 23.3 Å². The van der Waals surface area contributed by atoms with Crippen LogP contribution in [0.3, 0.4) is 0 Å². The van der Waals surface area contributed by atoms with Crippen LogP contribution in [-0.2, 0) is 9.59 Å². The molecule has 1 aromatic carbocycles. The summed E-state index contributed by atoms with van der Waals surface area (Å²) in [6.45, 7) is 5.33. The number of allylic oxidation sites excluding steroid dienone is 1. The number of amides is 1. The maximum Gasteiger partial charge on any atom is 0.233 e. The van der Waals surface area contributed by atoms with Crippen molar-refractivity contribution in [1.82, 2.24) is 4.90 Å². The second kappa shape index (κ2) is 6.89. The number of rotatable bonds is 3. The molecule has 4 rings (SSSR count). The Morgan fingerprint density at radius 3 is 2.54 bits per heavy atom. The van der Waals surface area contributed by atoms with Crippen molar-refractivity contribution in [3.63, 3.8) is 0 Å². The highest BCUT2D eigenvalue weighted by Crippen LogP contribution is 2.46. The first-order valence-corrected chi connectivity index (χ1v) is 9.62. The fourth-order valence-corrected chi connectivity index (χ4v) is 4.65. The summed E-state index contributed by atoms with van der Waals surface area (Å²) in [4.78, 5) is 40.2. The van der Waals surface area contributed by atoms with Crippen molar-refractivity contribution in [3.8, 4) is 11.1 Å². The van der Waals surface area contributed by atoms with Crippen molar-refractivity contribution in [3.05, 3.63) is 60.1 Å². The number of benzene rings is 1. The second-order valence-electron chi connectivity index (χ2n) is 7.75. The van der Waals surface area contributed by atoms with Crippen molar-refractivity contribution >= 4 is 17.5 Å². The van der Waals surface area contributed by atoms with Crippen molar-refractivity contribution in [2.24, 2.45) is 5.92 Å². The minimum atomic E-state index is -0.605. The van der Waals surface area contributed by atoms with E-state index in [-0.39, 0.29) is 17.9 Å². The highest BCUT2D eigenvalue weighted by molar-refractivity contribution is 6.47. The van der Waals surface area contributed by atoms with Crippen LogP contribution in [0.2, 0.25) is 0 Å². The van der Waals surface area contributed by atoms with E-state index in [1.54, 1.807) is 11.2 Å². The van der Waals surface area contributed by atoms with Crippen LogP contribution in [0.1, 0.15) is 49.2 Å². The number of furan rings is 1. The van der Waals surface area contributed by atoms with Crippen molar-refractivity contribution in [2.75, 3.05) is 0 Å². The Morgan fingerprint density at radius 2 is 1.89 bits per heavy atom. The average Bonchev–Trinajstić information content (AvgIpc) is 3.11. The molecule has 3 unspecified atom stereocenters. The second-order valence-corrected chi connectivity index (χ2v) is 7.75. The van der Waals surface area contributed by atoms with Gasteiger partial charge in [-0.05, 0) is 25.8 Å². The zero-order valence-electron chi connectivity index (χ0n) is 16.2. The smallest absolute Gasteiger partial charge is 0.233 e. The summed E-state index contributed by atoms with van der Waals surface area (Å²) >= 11 is 0. The first-order valence-electron chi connectivity index (χ1n) is 9.62. The summed E-state index contributed by atoms with van der Waals surface area (Å²) in [5.74, 6) is -1.34. The van der Waals surface area contributed by atoms with Gasteiger partial charge in [0.2, 0.25) is 17.5 Å². The van der Waals surface area contributed by atoms with Gasteiger partial charge in [-0.3, -0.25) is 14.4 Å². The largest absolute Gasteiger partial charge is 0.468 e. The first-order chi connectivity index (χ1) is 13.4. The Hall–Kier alpha value is -2.95. The Labute approximate surface area is 164 Å². The molecule has 2 aliphatic carbocycles.